The van der Waals surface area contributed by atoms with Crippen LogP contribution in [0.1, 0.15) is 37.3 Å². The molecule has 1 saturated heterocycles. The summed E-state index contributed by atoms with van der Waals surface area (Å²) < 4.78 is 11.1. The average molecular weight is 277 g/mol. The van der Waals surface area contributed by atoms with E-state index >= 15 is 0 Å². The van der Waals surface area contributed by atoms with E-state index < -0.39 is 6.10 Å². The van der Waals surface area contributed by atoms with Gasteiger partial charge < -0.3 is 14.6 Å². The Kier molecular flexibility index (Phi) is 4.13. The zero-order valence-electron chi connectivity index (χ0n) is 12.0. The first-order valence-corrected chi connectivity index (χ1v) is 7.53. The van der Waals surface area contributed by atoms with Crippen molar-refractivity contribution in [3.05, 3.63) is 23.8 Å². The van der Waals surface area contributed by atoms with Gasteiger partial charge in [0.1, 0.15) is 12.7 Å². The van der Waals surface area contributed by atoms with Crippen molar-refractivity contribution in [3.63, 3.8) is 0 Å². The Balaban J connectivity index is 1.94. The van der Waals surface area contributed by atoms with E-state index in [2.05, 4.69) is 11.0 Å². The van der Waals surface area contributed by atoms with E-state index in [1.807, 2.05) is 12.1 Å². The van der Waals surface area contributed by atoms with Gasteiger partial charge in [-0.25, -0.2) is 0 Å². The standard InChI is InChI=1S/C16H23NO3/c1-19-14-8-6-7-12-15(13(18)11-20-16(12)14)17-9-4-2-3-5-10-17/h6-8,13,15,18H,2-5,9-11H2,1H3. The van der Waals surface area contributed by atoms with Crippen molar-refractivity contribution in [2.45, 2.75) is 37.8 Å². The van der Waals surface area contributed by atoms with Crippen LogP contribution in [-0.4, -0.2) is 42.9 Å². The van der Waals surface area contributed by atoms with Gasteiger partial charge in [-0.2, -0.15) is 0 Å². The predicted octanol–water partition coefficient (Wildman–Crippen LogP) is 2.37. The molecule has 1 fully saturated rings. The molecule has 0 spiro atoms. The van der Waals surface area contributed by atoms with Gasteiger partial charge in [-0.3, -0.25) is 4.90 Å². The molecular weight excluding hydrogens is 254 g/mol. The van der Waals surface area contributed by atoms with E-state index in [1.54, 1.807) is 7.11 Å². The fourth-order valence-corrected chi connectivity index (χ4v) is 3.36. The van der Waals surface area contributed by atoms with Gasteiger partial charge in [-0.1, -0.05) is 25.0 Å². The number of hydrogen-bond donors (Lipinski definition) is 1. The highest BCUT2D eigenvalue weighted by Crippen LogP contribution is 2.42. The summed E-state index contributed by atoms with van der Waals surface area (Å²) in [5.74, 6) is 1.56. The third-order valence-corrected chi connectivity index (χ3v) is 4.34. The number of rotatable bonds is 2. The van der Waals surface area contributed by atoms with E-state index in [9.17, 15) is 5.11 Å². The molecule has 0 saturated carbocycles. The molecule has 4 nitrogen and oxygen atoms in total. The topological polar surface area (TPSA) is 41.9 Å². The van der Waals surface area contributed by atoms with Crippen molar-refractivity contribution >= 4 is 0 Å². The van der Waals surface area contributed by atoms with Gasteiger partial charge >= 0.3 is 0 Å². The number of aliphatic hydroxyl groups excluding tert-OH is 1. The highest BCUT2D eigenvalue weighted by Gasteiger charge is 2.35. The number of nitrogens with zero attached hydrogens (tertiary/aromatic N) is 1. The maximum absolute atomic E-state index is 10.4. The second-order valence-corrected chi connectivity index (χ2v) is 5.65. The lowest BCUT2D eigenvalue weighted by Gasteiger charge is -2.38. The number of likely N-dealkylation sites (tertiary alicyclic amines) is 1. The van der Waals surface area contributed by atoms with E-state index in [0.29, 0.717) is 6.61 Å². The van der Waals surface area contributed by atoms with E-state index in [1.165, 1.54) is 25.7 Å². The number of methoxy groups -OCH3 is 1. The first-order valence-electron chi connectivity index (χ1n) is 7.53. The molecule has 2 atom stereocenters. The fourth-order valence-electron chi connectivity index (χ4n) is 3.36. The lowest BCUT2D eigenvalue weighted by Crippen LogP contribution is -2.42. The summed E-state index contributed by atoms with van der Waals surface area (Å²) in [5.41, 5.74) is 1.06. The second kappa shape index (κ2) is 6.02. The summed E-state index contributed by atoms with van der Waals surface area (Å²) in [5, 5.41) is 10.4. The Morgan fingerprint density at radius 3 is 2.65 bits per heavy atom. The maximum Gasteiger partial charge on any atom is 0.166 e. The normalized spacial score (nSPS) is 27.3. The number of ether oxygens (including phenoxy) is 2. The van der Waals surface area contributed by atoms with Crippen molar-refractivity contribution in [1.29, 1.82) is 0 Å². The predicted molar refractivity (Wildman–Crippen MR) is 77.3 cm³/mol. The molecule has 0 radical (unpaired) electrons. The van der Waals surface area contributed by atoms with E-state index in [0.717, 1.165) is 30.2 Å². The van der Waals surface area contributed by atoms with Gasteiger partial charge in [0.25, 0.3) is 0 Å². The van der Waals surface area contributed by atoms with Crippen molar-refractivity contribution in [1.82, 2.24) is 4.90 Å². The maximum atomic E-state index is 10.4. The Morgan fingerprint density at radius 1 is 1.20 bits per heavy atom. The highest BCUT2D eigenvalue weighted by molar-refractivity contribution is 5.49. The molecule has 1 aromatic rings. The zero-order chi connectivity index (χ0) is 13.9. The van der Waals surface area contributed by atoms with Crippen molar-refractivity contribution in [3.8, 4) is 11.5 Å². The molecule has 0 bridgehead atoms. The molecule has 3 rings (SSSR count). The molecule has 2 heterocycles. The molecule has 110 valence electrons. The SMILES string of the molecule is COc1cccc2c1OCC(O)C2N1CCCCCC1. The molecular formula is C16H23NO3. The van der Waals surface area contributed by atoms with E-state index in [4.69, 9.17) is 9.47 Å². The number of benzene rings is 1. The largest absolute Gasteiger partial charge is 0.493 e. The van der Waals surface area contributed by atoms with Crippen LogP contribution in [-0.2, 0) is 0 Å². The summed E-state index contributed by atoms with van der Waals surface area (Å²) in [4.78, 5) is 2.42. The summed E-state index contributed by atoms with van der Waals surface area (Å²) in [6, 6.07) is 5.97. The van der Waals surface area contributed by atoms with Crippen LogP contribution < -0.4 is 9.47 Å². The lowest BCUT2D eigenvalue weighted by atomic mass is 9.96. The van der Waals surface area contributed by atoms with Crippen molar-refractivity contribution in [2.75, 3.05) is 26.8 Å². The van der Waals surface area contributed by atoms with Crippen LogP contribution in [0.2, 0.25) is 0 Å². The van der Waals surface area contributed by atoms with Crippen LogP contribution in [0.3, 0.4) is 0 Å². The average Bonchev–Trinajstić information content (AvgIpc) is 2.75. The molecule has 2 aliphatic rings. The lowest BCUT2D eigenvalue weighted by molar-refractivity contribution is 0.0000696. The quantitative estimate of drug-likeness (QED) is 0.901. The van der Waals surface area contributed by atoms with Crippen molar-refractivity contribution < 1.29 is 14.6 Å². The number of para-hydroxylation sites is 1. The molecule has 1 aromatic carbocycles. The fraction of sp³-hybridized carbons (Fsp3) is 0.625. The summed E-state index contributed by atoms with van der Waals surface area (Å²) in [6.45, 7) is 2.45. The minimum atomic E-state index is -0.465. The molecule has 0 aromatic heterocycles. The smallest absolute Gasteiger partial charge is 0.166 e. The molecule has 20 heavy (non-hydrogen) atoms. The minimum absolute atomic E-state index is 0.0342. The first-order chi connectivity index (χ1) is 9.81. The second-order valence-electron chi connectivity index (χ2n) is 5.65. The Hall–Kier alpha value is -1.26. The molecule has 2 aliphatic heterocycles. The van der Waals surface area contributed by atoms with Crippen LogP contribution >= 0.6 is 0 Å². The Bertz CT molecular complexity index is 455. The highest BCUT2D eigenvalue weighted by atomic mass is 16.5. The molecule has 0 amide bonds. The van der Waals surface area contributed by atoms with Crippen LogP contribution in [0.15, 0.2) is 18.2 Å². The van der Waals surface area contributed by atoms with Gasteiger partial charge in [0.2, 0.25) is 0 Å². The zero-order valence-corrected chi connectivity index (χ0v) is 12.0. The van der Waals surface area contributed by atoms with Crippen LogP contribution in [0, 0.1) is 0 Å². The first kappa shape index (κ1) is 13.7. The molecule has 1 N–H and O–H groups in total. The molecule has 0 aliphatic carbocycles. The number of fused-ring (bicyclic) bond motifs is 1. The van der Waals surface area contributed by atoms with Crippen LogP contribution in [0.25, 0.3) is 0 Å². The number of hydrogen-bond acceptors (Lipinski definition) is 4. The monoisotopic (exact) mass is 277 g/mol. The van der Waals surface area contributed by atoms with Crippen molar-refractivity contribution in [2.24, 2.45) is 0 Å². The summed E-state index contributed by atoms with van der Waals surface area (Å²) in [7, 11) is 1.66. The molecule has 4 heteroatoms. The van der Waals surface area contributed by atoms with Crippen LogP contribution in [0.5, 0.6) is 11.5 Å². The third kappa shape index (κ3) is 2.50. The van der Waals surface area contributed by atoms with Gasteiger partial charge in [0.15, 0.2) is 11.5 Å². The minimum Gasteiger partial charge on any atom is -0.493 e. The Labute approximate surface area is 120 Å². The van der Waals surface area contributed by atoms with Gasteiger partial charge in [-0.05, 0) is 32.0 Å². The number of aliphatic hydroxyl groups is 1. The van der Waals surface area contributed by atoms with Gasteiger partial charge in [-0.15, -0.1) is 0 Å². The third-order valence-electron chi connectivity index (χ3n) is 4.34. The summed E-state index contributed by atoms with van der Waals surface area (Å²) >= 11 is 0. The van der Waals surface area contributed by atoms with Gasteiger partial charge in [0.05, 0.1) is 13.2 Å². The summed E-state index contributed by atoms with van der Waals surface area (Å²) in [6.07, 6.45) is 4.54. The van der Waals surface area contributed by atoms with E-state index in [-0.39, 0.29) is 6.04 Å². The molecule has 2 unspecified atom stereocenters. The Morgan fingerprint density at radius 2 is 1.95 bits per heavy atom. The van der Waals surface area contributed by atoms with Crippen LogP contribution in [0.4, 0.5) is 0 Å². The van der Waals surface area contributed by atoms with Gasteiger partial charge in [0, 0.05) is 5.56 Å².